The molecule has 0 saturated heterocycles. The molecule has 0 aliphatic carbocycles. The molecule has 0 spiro atoms. The Morgan fingerprint density at radius 1 is 1.18 bits per heavy atom. The van der Waals surface area contributed by atoms with Gasteiger partial charge in [0.05, 0.1) is 16.6 Å². The van der Waals surface area contributed by atoms with Gasteiger partial charge in [0.25, 0.3) is 0 Å². The zero-order chi connectivity index (χ0) is 15.1. The molecule has 6 heteroatoms. The van der Waals surface area contributed by atoms with E-state index in [1.807, 2.05) is 47.2 Å². The van der Waals surface area contributed by atoms with Gasteiger partial charge in [-0.1, -0.05) is 24.8 Å². The van der Waals surface area contributed by atoms with Gasteiger partial charge in [-0.15, -0.1) is 0 Å². The van der Waals surface area contributed by atoms with E-state index in [1.54, 1.807) is 17.1 Å². The number of aromatic nitrogens is 4. The highest BCUT2D eigenvalue weighted by Gasteiger charge is 2.13. The minimum absolute atomic E-state index is 0.353. The largest absolute Gasteiger partial charge is 0.369 e. The molecule has 0 atom stereocenters. The van der Waals surface area contributed by atoms with E-state index in [0.29, 0.717) is 11.8 Å². The van der Waals surface area contributed by atoms with Gasteiger partial charge in [0.2, 0.25) is 5.96 Å². The summed E-state index contributed by atoms with van der Waals surface area (Å²) in [6.07, 6.45) is 5.40. The standard InChI is InChI=1S/C16H14N6/c1-11(21-10-9-19-21)20-16(17)22-13-6-3-2-5-12(13)15-14(22)7-4-8-18-15/h2-10,19H,1H2,(H2,17,20). The van der Waals surface area contributed by atoms with Gasteiger partial charge in [0, 0.05) is 24.0 Å². The number of nitrogens with one attached hydrogen (secondary N) is 1. The van der Waals surface area contributed by atoms with Crippen LogP contribution in [0.25, 0.3) is 27.8 Å². The van der Waals surface area contributed by atoms with Crippen LogP contribution < -0.4 is 5.73 Å². The minimum atomic E-state index is 0.353. The van der Waals surface area contributed by atoms with E-state index < -0.39 is 0 Å². The van der Waals surface area contributed by atoms with Crippen molar-refractivity contribution in [2.75, 3.05) is 0 Å². The molecule has 0 radical (unpaired) electrons. The van der Waals surface area contributed by atoms with Crippen LogP contribution in [0.4, 0.5) is 0 Å². The Kier molecular flexibility index (Phi) is 2.62. The first-order chi connectivity index (χ1) is 10.8. The van der Waals surface area contributed by atoms with Crippen molar-refractivity contribution in [3.05, 3.63) is 61.6 Å². The second-order valence-corrected chi connectivity index (χ2v) is 4.92. The van der Waals surface area contributed by atoms with Gasteiger partial charge in [0.15, 0.2) is 0 Å². The molecular formula is C16H14N6. The molecule has 4 aromatic rings. The van der Waals surface area contributed by atoms with Crippen molar-refractivity contribution in [3.8, 4) is 0 Å². The second kappa shape index (κ2) is 4.63. The van der Waals surface area contributed by atoms with Crippen LogP contribution >= 0.6 is 0 Å². The number of hydrogen-bond acceptors (Lipinski definition) is 2. The van der Waals surface area contributed by atoms with Gasteiger partial charge >= 0.3 is 0 Å². The Balaban J connectivity index is 1.97. The van der Waals surface area contributed by atoms with E-state index in [4.69, 9.17) is 5.73 Å². The fraction of sp³-hybridized carbons (Fsp3) is 0. The molecule has 0 amide bonds. The molecule has 3 heterocycles. The summed E-state index contributed by atoms with van der Waals surface area (Å²) in [5.74, 6) is 0.876. The molecule has 22 heavy (non-hydrogen) atoms. The summed E-state index contributed by atoms with van der Waals surface area (Å²) >= 11 is 0. The number of rotatable bonds is 2. The van der Waals surface area contributed by atoms with Gasteiger partial charge < -0.3 is 5.73 Å². The third-order valence-electron chi connectivity index (χ3n) is 3.62. The van der Waals surface area contributed by atoms with E-state index in [9.17, 15) is 0 Å². The first-order valence-corrected chi connectivity index (χ1v) is 6.85. The molecular weight excluding hydrogens is 276 g/mol. The number of fused-ring (bicyclic) bond motifs is 3. The van der Waals surface area contributed by atoms with Gasteiger partial charge in [-0.05, 0) is 18.2 Å². The van der Waals surface area contributed by atoms with Crippen LogP contribution in [0.2, 0.25) is 0 Å². The van der Waals surface area contributed by atoms with E-state index in [2.05, 4.69) is 21.7 Å². The van der Waals surface area contributed by atoms with Gasteiger partial charge in [-0.2, -0.15) is 4.99 Å². The molecule has 6 nitrogen and oxygen atoms in total. The van der Waals surface area contributed by atoms with Crippen LogP contribution in [-0.2, 0) is 0 Å². The Labute approximate surface area is 126 Å². The number of para-hydroxylation sites is 1. The van der Waals surface area contributed by atoms with E-state index in [-0.39, 0.29) is 0 Å². The lowest BCUT2D eigenvalue weighted by atomic mass is 10.2. The number of aliphatic imine (C=N–C) groups is 1. The average Bonchev–Trinajstić information content (AvgIpc) is 2.80. The lowest BCUT2D eigenvalue weighted by Gasteiger charge is -2.11. The van der Waals surface area contributed by atoms with Crippen molar-refractivity contribution >= 4 is 33.7 Å². The molecule has 0 aliphatic rings. The van der Waals surface area contributed by atoms with Crippen molar-refractivity contribution in [1.29, 1.82) is 0 Å². The highest BCUT2D eigenvalue weighted by atomic mass is 15.4. The summed E-state index contributed by atoms with van der Waals surface area (Å²) < 4.78 is 3.59. The second-order valence-electron chi connectivity index (χ2n) is 4.92. The molecule has 1 aromatic carbocycles. The summed E-state index contributed by atoms with van der Waals surface area (Å²) in [5, 5.41) is 3.98. The predicted molar refractivity (Wildman–Crippen MR) is 88.4 cm³/mol. The molecule has 3 N–H and O–H groups in total. The van der Waals surface area contributed by atoms with E-state index in [1.165, 1.54) is 0 Å². The maximum Gasteiger partial charge on any atom is 0.207 e. The van der Waals surface area contributed by atoms with Crippen LogP contribution in [-0.4, -0.2) is 25.3 Å². The summed E-state index contributed by atoms with van der Waals surface area (Å²) in [4.78, 5) is 8.86. The van der Waals surface area contributed by atoms with Crippen molar-refractivity contribution in [3.63, 3.8) is 0 Å². The zero-order valence-corrected chi connectivity index (χ0v) is 11.8. The number of hydrogen-bond donors (Lipinski definition) is 2. The predicted octanol–water partition coefficient (Wildman–Crippen LogP) is 2.61. The molecule has 0 fully saturated rings. The van der Waals surface area contributed by atoms with E-state index >= 15 is 0 Å². The van der Waals surface area contributed by atoms with Crippen molar-refractivity contribution in [1.82, 2.24) is 19.3 Å². The minimum Gasteiger partial charge on any atom is -0.369 e. The SMILES string of the molecule is C=C(/N=C(\N)n1c2ccccc2c2ncccc21)n1cc[nH]1. The normalized spacial score (nSPS) is 12.3. The van der Waals surface area contributed by atoms with Gasteiger partial charge in [-0.3, -0.25) is 14.6 Å². The van der Waals surface area contributed by atoms with Crippen LogP contribution in [0.5, 0.6) is 0 Å². The smallest absolute Gasteiger partial charge is 0.207 e. The molecule has 108 valence electrons. The first-order valence-electron chi connectivity index (χ1n) is 6.85. The number of nitrogens with two attached hydrogens (primary N) is 1. The highest BCUT2D eigenvalue weighted by Crippen LogP contribution is 2.26. The fourth-order valence-corrected chi connectivity index (χ4v) is 2.58. The molecule has 3 aromatic heterocycles. The first kappa shape index (κ1) is 12.5. The lowest BCUT2D eigenvalue weighted by molar-refractivity contribution is 0.794. The third kappa shape index (κ3) is 1.74. The van der Waals surface area contributed by atoms with Crippen LogP contribution in [0.1, 0.15) is 0 Å². The molecule has 4 rings (SSSR count). The zero-order valence-electron chi connectivity index (χ0n) is 11.8. The van der Waals surface area contributed by atoms with Crippen LogP contribution in [0, 0.1) is 0 Å². The molecule has 0 bridgehead atoms. The summed E-state index contributed by atoms with van der Waals surface area (Å²) in [7, 11) is 0. The quantitative estimate of drug-likeness (QED) is 0.440. The maximum absolute atomic E-state index is 6.23. The Morgan fingerprint density at radius 2 is 1.95 bits per heavy atom. The highest BCUT2D eigenvalue weighted by molar-refractivity contribution is 6.12. The monoisotopic (exact) mass is 290 g/mol. The number of benzene rings is 1. The lowest BCUT2D eigenvalue weighted by Crippen LogP contribution is -2.23. The van der Waals surface area contributed by atoms with Gasteiger partial charge in [0.1, 0.15) is 5.82 Å². The number of H-pyrrole nitrogens is 1. The summed E-state index contributed by atoms with van der Waals surface area (Å²) in [5.41, 5.74) is 9.03. The Hall–Kier alpha value is -3.28. The fourth-order valence-electron chi connectivity index (χ4n) is 2.58. The number of pyridine rings is 1. The Bertz CT molecular complexity index is 951. The molecule has 0 saturated carbocycles. The van der Waals surface area contributed by atoms with Crippen LogP contribution in [0.3, 0.4) is 0 Å². The van der Waals surface area contributed by atoms with Crippen molar-refractivity contribution in [2.24, 2.45) is 10.7 Å². The average molecular weight is 290 g/mol. The molecule has 0 unspecified atom stereocenters. The maximum atomic E-state index is 6.23. The van der Waals surface area contributed by atoms with Crippen molar-refractivity contribution < 1.29 is 0 Å². The van der Waals surface area contributed by atoms with Crippen LogP contribution in [0.15, 0.2) is 66.6 Å². The third-order valence-corrected chi connectivity index (χ3v) is 3.62. The Morgan fingerprint density at radius 3 is 2.73 bits per heavy atom. The van der Waals surface area contributed by atoms with Gasteiger partial charge in [-0.25, -0.2) is 4.68 Å². The van der Waals surface area contributed by atoms with Crippen molar-refractivity contribution in [2.45, 2.75) is 0 Å². The topological polar surface area (TPSA) is 76.9 Å². The summed E-state index contributed by atoms with van der Waals surface area (Å²) in [6.45, 7) is 3.90. The number of nitrogens with zero attached hydrogens (tertiary/aromatic N) is 4. The number of aromatic amines is 1. The molecule has 0 aliphatic heterocycles. The van der Waals surface area contributed by atoms with E-state index in [0.717, 1.165) is 21.9 Å². The summed E-state index contributed by atoms with van der Waals surface area (Å²) in [6, 6.07) is 11.9.